The summed E-state index contributed by atoms with van der Waals surface area (Å²) in [5.74, 6) is 1.57. The molecule has 668 valence electrons. The SMILES string of the molecule is COc1ccc(COCc2cc(C(=O)c3ccc(-n4cnc(C)c4)c(OC)c3)c(=O)n([C@@H](C)c3ccc(F)cc3)c2)cc1.COc1ccc(COCc2cc(C(=O)c3ccc(-n4cnc(C)c4Cl)c(OC)c3)c(=O)n([C@@H](C)c3ccc(F)cc3)c2)cc1.COc1ccc(COCc2cc(C(O)c3ccc(-n4cnc(C)c4)c(OC)c3)c(=O)n([C@@H](C)c3ccc(F)cc3)c2)cc1. The third-order valence-electron chi connectivity index (χ3n) is 22.0. The van der Waals surface area contributed by atoms with E-state index < -0.39 is 46.9 Å². The molecule has 0 spiro atoms. The Hall–Kier alpha value is -14.5. The average Bonchev–Trinajstić information content (AvgIpc) is 1.20. The lowest BCUT2D eigenvalue weighted by Gasteiger charge is -2.21. The van der Waals surface area contributed by atoms with Crippen LogP contribution in [-0.4, -0.2) is 102 Å². The van der Waals surface area contributed by atoms with Crippen molar-refractivity contribution >= 4 is 23.2 Å². The largest absolute Gasteiger partial charge is 0.497 e. The van der Waals surface area contributed by atoms with Gasteiger partial charge in [0.25, 0.3) is 16.7 Å². The van der Waals surface area contributed by atoms with Gasteiger partial charge in [0.1, 0.15) is 69.5 Å². The molecule has 0 aliphatic carbocycles. The topological polar surface area (TPSA) is 257 Å². The highest BCUT2D eigenvalue weighted by atomic mass is 35.5. The number of aliphatic hydroxyl groups is 1. The lowest BCUT2D eigenvalue weighted by molar-refractivity contribution is 0.102. The predicted molar refractivity (Wildman–Crippen MR) is 488 cm³/mol. The quantitative estimate of drug-likeness (QED) is 0.0375. The molecule has 0 saturated carbocycles. The first kappa shape index (κ1) is 93.2. The second kappa shape index (κ2) is 42.9. The number of aliphatic hydroxyl groups excluding tert-OH is 1. The van der Waals surface area contributed by atoms with E-state index in [-0.39, 0.29) is 65.1 Å². The van der Waals surface area contributed by atoms with Gasteiger partial charge in [-0.05, 0) is 237 Å². The molecule has 6 aromatic heterocycles. The van der Waals surface area contributed by atoms with E-state index in [4.69, 9.17) is 54.2 Å². The van der Waals surface area contributed by atoms with Crippen LogP contribution < -0.4 is 45.1 Å². The van der Waals surface area contributed by atoms with E-state index in [1.807, 2.05) is 130 Å². The first-order chi connectivity index (χ1) is 62.7. The van der Waals surface area contributed by atoms with Gasteiger partial charge in [-0.2, -0.15) is 0 Å². The minimum atomic E-state index is -1.24. The Kier molecular flexibility index (Phi) is 30.7. The van der Waals surface area contributed by atoms with Crippen molar-refractivity contribution in [3.05, 3.63) is 423 Å². The second-order valence-electron chi connectivity index (χ2n) is 30.8. The maximum absolute atomic E-state index is 13.9. The number of pyridine rings is 3. The van der Waals surface area contributed by atoms with E-state index in [0.29, 0.717) is 92.7 Å². The first-order valence-electron chi connectivity index (χ1n) is 41.4. The zero-order valence-electron chi connectivity index (χ0n) is 73.7. The van der Waals surface area contributed by atoms with Gasteiger partial charge in [0, 0.05) is 42.1 Å². The molecular weight excluding hydrogens is 1680 g/mol. The Balaban J connectivity index is 0.000000166. The van der Waals surface area contributed by atoms with Crippen molar-refractivity contribution in [1.29, 1.82) is 0 Å². The number of aryl methyl sites for hydroxylation is 3. The Morgan fingerprint density at radius 2 is 0.700 bits per heavy atom. The van der Waals surface area contributed by atoms with Crippen LogP contribution >= 0.6 is 11.6 Å². The summed E-state index contributed by atoms with van der Waals surface area (Å²) in [6.45, 7) is 12.6. The maximum Gasteiger partial charge on any atom is 0.262 e. The summed E-state index contributed by atoms with van der Waals surface area (Å²) in [4.78, 5) is 82.0. The van der Waals surface area contributed by atoms with Gasteiger partial charge in [0.15, 0.2) is 11.6 Å². The summed E-state index contributed by atoms with van der Waals surface area (Å²) in [7, 11) is 9.39. The molecule has 9 aromatic carbocycles. The molecule has 28 heteroatoms. The zero-order valence-corrected chi connectivity index (χ0v) is 74.4. The summed E-state index contributed by atoms with van der Waals surface area (Å²) in [6, 6.07) is 59.2. The van der Waals surface area contributed by atoms with Gasteiger partial charge in [-0.15, -0.1) is 0 Å². The molecule has 130 heavy (non-hydrogen) atoms. The number of carbonyl (C=O) groups excluding carboxylic acids is 2. The molecule has 24 nitrogen and oxygen atoms in total. The van der Waals surface area contributed by atoms with Crippen LogP contribution in [-0.2, 0) is 53.9 Å². The Morgan fingerprint density at radius 3 is 1.05 bits per heavy atom. The fraction of sp³-hybridized carbons (Fsp3) is 0.216. The lowest BCUT2D eigenvalue weighted by atomic mass is 9.99. The number of rotatable bonds is 33. The van der Waals surface area contributed by atoms with E-state index in [9.17, 15) is 42.3 Å². The van der Waals surface area contributed by atoms with E-state index in [1.54, 1.807) is 190 Å². The molecule has 0 fully saturated rings. The Bertz CT molecular complexity index is 6660. The molecule has 0 radical (unpaired) electrons. The summed E-state index contributed by atoms with van der Waals surface area (Å²) in [5.41, 5.74) is 11.3. The number of aromatic nitrogens is 9. The number of ether oxygens (including phenoxy) is 9. The molecule has 4 atom stereocenters. The lowest BCUT2D eigenvalue weighted by Crippen LogP contribution is -2.30. The van der Waals surface area contributed by atoms with E-state index in [2.05, 4.69) is 15.0 Å². The van der Waals surface area contributed by atoms with Gasteiger partial charge >= 0.3 is 0 Å². The predicted octanol–water partition coefficient (Wildman–Crippen LogP) is 18.7. The highest BCUT2D eigenvalue weighted by Gasteiger charge is 2.27. The van der Waals surface area contributed by atoms with Crippen LogP contribution in [0.3, 0.4) is 0 Å². The third-order valence-corrected chi connectivity index (χ3v) is 22.5. The van der Waals surface area contributed by atoms with Gasteiger partial charge < -0.3 is 70.6 Å². The fourth-order valence-corrected chi connectivity index (χ4v) is 14.9. The monoisotopic (exact) mass is 1780 g/mol. The van der Waals surface area contributed by atoms with Crippen molar-refractivity contribution in [2.45, 2.75) is 105 Å². The molecule has 0 bridgehead atoms. The molecule has 0 aliphatic heterocycles. The van der Waals surface area contributed by atoms with Crippen LogP contribution in [0.25, 0.3) is 17.1 Å². The van der Waals surface area contributed by atoms with Gasteiger partial charge in [0.2, 0.25) is 0 Å². The van der Waals surface area contributed by atoms with Gasteiger partial charge in [-0.1, -0.05) is 90.5 Å². The van der Waals surface area contributed by atoms with Crippen molar-refractivity contribution in [3.8, 4) is 51.6 Å². The molecule has 1 N–H and O–H groups in total. The molecular formula is C102H97ClF3N9O15. The maximum atomic E-state index is 13.9. The Labute approximate surface area is 754 Å². The van der Waals surface area contributed by atoms with E-state index in [0.717, 1.165) is 62.1 Å². The van der Waals surface area contributed by atoms with Gasteiger partial charge in [0.05, 0.1) is 164 Å². The standard InChI is InChI=1S/C34H31ClFN3O5.C34H34FN3O5.C34H32FN3O5/c1-21-33(35)39(20-37-21)30-14-9-26(16-31(30)43-4)32(40)29-15-24(19-44-18-23-5-12-28(42-3)13-6-23)17-38(34(29)41)22(2)25-7-10-27(36)11-8-25;2*1-22-17-37(21-36-22)31-14-9-27(16-32(31)42-4)33(39)30-15-25(20-43-19-24-5-12-29(41-3)13-6-24)18-38(34(30)40)23(2)26-7-10-28(35)11-8-26/h5-17,20,22H,18-19H2,1-4H3;5-18,21,23,33,39H,19-20H2,1-4H3;5-18,21,23H,19-20H2,1-4H3/t22-;23-,33?;23-/m000/s1. The zero-order chi connectivity index (χ0) is 92.4. The van der Waals surface area contributed by atoms with Crippen LogP contribution in [0.5, 0.6) is 34.5 Å². The van der Waals surface area contributed by atoms with Crippen LogP contribution in [0.1, 0.15) is 155 Å². The van der Waals surface area contributed by atoms with Crippen LogP contribution in [0.2, 0.25) is 5.15 Å². The number of carbonyl (C=O) groups is 2. The summed E-state index contributed by atoms with van der Waals surface area (Å²) in [5, 5.41) is 12.0. The smallest absolute Gasteiger partial charge is 0.262 e. The minimum absolute atomic E-state index is 0.00668. The van der Waals surface area contributed by atoms with Crippen LogP contribution in [0.4, 0.5) is 13.2 Å². The Morgan fingerprint density at radius 1 is 0.369 bits per heavy atom. The van der Waals surface area contributed by atoms with E-state index in [1.165, 1.54) is 59.8 Å². The van der Waals surface area contributed by atoms with Gasteiger partial charge in [-0.25, -0.2) is 28.1 Å². The number of nitrogens with zero attached hydrogens (tertiary/aromatic N) is 9. The number of hydrogen-bond donors (Lipinski definition) is 1. The van der Waals surface area contributed by atoms with Crippen molar-refractivity contribution in [2.75, 3.05) is 42.7 Å². The van der Waals surface area contributed by atoms with Crippen LogP contribution in [0, 0.1) is 38.2 Å². The number of benzene rings is 9. The summed E-state index contributed by atoms with van der Waals surface area (Å²) >= 11 is 6.40. The summed E-state index contributed by atoms with van der Waals surface area (Å²) in [6.07, 6.45) is 12.5. The minimum Gasteiger partial charge on any atom is -0.497 e. The van der Waals surface area contributed by atoms with Crippen LogP contribution in [0.15, 0.2) is 283 Å². The first-order valence-corrected chi connectivity index (χ1v) is 41.8. The van der Waals surface area contributed by atoms with Crippen molar-refractivity contribution in [3.63, 3.8) is 0 Å². The molecule has 1 unspecified atom stereocenters. The number of methoxy groups -OCH3 is 6. The third kappa shape index (κ3) is 22.4. The van der Waals surface area contributed by atoms with Gasteiger partial charge in [-0.3, -0.25) is 28.5 Å². The number of halogens is 4. The van der Waals surface area contributed by atoms with Crippen molar-refractivity contribution in [1.82, 2.24) is 42.4 Å². The van der Waals surface area contributed by atoms with Crippen molar-refractivity contribution < 1.29 is 70.5 Å². The fourth-order valence-electron chi connectivity index (χ4n) is 14.7. The van der Waals surface area contributed by atoms with E-state index >= 15 is 0 Å². The highest BCUT2D eigenvalue weighted by molar-refractivity contribution is 6.30. The molecule has 15 rings (SSSR count). The molecule has 0 amide bonds. The number of imidazole rings is 3. The number of ketones is 2. The normalized spacial score (nSPS) is 12.0. The second-order valence-corrected chi connectivity index (χ2v) is 31.1. The molecule has 0 saturated heterocycles. The molecule has 6 heterocycles. The molecule has 15 aromatic rings. The summed E-state index contributed by atoms with van der Waals surface area (Å²) < 4.78 is 101. The van der Waals surface area contributed by atoms with Crippen molar-refractivity contribution in [2.24, 2.45) is 0 Å². The number of hydrogen-bond acceptors (Lipinski definition) is 18. The highest BCUT2D eigenvalue weighted by Crippen LogP contribution is 2.35. The average molecular weight is 1780 g/mol. The molecule has 0 aliphatic rings.